The van der Waals surface area contributed by atoms with Crippen LogP contribution in [-0.2, 0) is 15.9 Å². The van der Waals surface area contributed by atoms with Crippen LogP contribution in [0.2, 0.25) is 19.6 Å². The lowest BCUT2D eigenvalue weighted by Gasteiger charge is -2.45. The van der Waals surface area contributed by atoms with Gasteiger partial charge >= 0.3 is 0 Å². The molecule has 0 N–H and O–H groups in total. The summed E-state index contributed by atoms with van der Waals surface area (Å²) in [5, 5.41) is 4.43. The highest BCUT2D eigenvalue weighted by atomic mass is 35.5. The third-order valence-corrected chi connectivity index (χ3v) is 6.12. The second-order valence-electron chi connectivity index (χ2n) is 7.96. The van der Waals surface area contributed by atoms with E-state index in [0.29, 0.717) is 17.6 Å². The summed E-state index contributed by atoms with van der Waals surface area (Å²) in [5.74, 6) is 1.44. The minimum Gasteiger partial charge on any atom is -0.402 e. The van der Waals surface area contributed by atoms with Gasteiger partial charge in [0.2, 0.25) is 0 Å². The molecule has 2 aromatic rings. The Kier molecular flexibility index (Phi) is 5.71. The number of hydrogen-bond acceptors (Lipinski definition) is 3. The van der Waals surface area contributed by atoms with Crippen LogP contribution in [0.15, 0.2) is 40.9 Å². The Labute approximate surface area is 156 Å². The lowest BCUT2D eigenvalue weighted by Crippen LogP contribution is -2.47. The number of hydrogen-bond donors (Lipinski definition) is 0. The van der Waals surface area contributed by atoms with E-state index in [-0.39, 0.29) is 0 Å². The second kappa shape index (κ2) is 7.64. The molecule has 1 unspecified atom stereocenters. The third kappa shape index (κ3) is 4.02. The van der Waals surface area contributed by atoms with Gasteiger partial charge in [-0.25, -0.2) is 0 Å². The maximum absolute atomic E-state index is 6.97. The lowest BCUT2D eigenvalue weighted by atomic mass is 9.71. The predicted octanol–water partition coefficient (Wildman–Crippen LogP) is 6.09. The van der Waals surface area contributed by atoms with Crippen molar-refractivity contribution in [3.63, 3.8) is 0 Å². The lowest BCUT2D eigenvalue weighted by molar-refractivity contribution is 0.0107. The molecule has 1 aromatic carbocycles. The van der Waals surface area contributed by atoms with E-state index in [0.717, 1.165) is 18.5 Å². The summed E-state index contributed by atoms with van der Waals surface area (Å²) >= 11 is 5.99. The molecule has 3 rings (SSSR count). The van der Waals surface area contributed by atoms with E-state index in [4.69, 9.17) is 20.6 Å². The van der Waals surface area contributed by atoms with E-state index in [9.17, 15) is 0 Å². The zero-order valence-electron chi connectivity index (χ0n) is 15.4. The quantitative estimate of drug-likeness (QED) is 0.451. The van der Waals surface area contributed by atoms with Crippen molar-refractivity contribution in [2.24, 2.45) is 5.92 Å². The smallest absolute Gasteiger partial charge is 0.185 e. The number of rotatable bonds is 6. The highest BCUT2D eigenvalue weighted by molar-refractivity contribution is 6.69. The average molecular weight is 378 g/mol. The SMILES string of the molecule is C[Si](C)(C)OC(c1ccccc1)(c1cc(CCl)on1)C1CCCCC1. The molecule has 1 aromatic heterocycles. The predicted molar refractivity (Wildman–Crippen MR) is 104 cm³/mol. The monoisotopic (exact) mass is 377 g/mol. The molecule has 1 saturated carbocycles. The van der Waals surface area contributed by atoms with Crippen LogP contribution >= 0.6 is 11.6 Å². The highest BCUT2D eigenvalue weighted by Crippen LogP contribution is 2.48. The van der Waals surface area contributed by atoms with Gasteiger partial charge in [-0.2, -0.15) is 0 Å². The van der Waals surface area contributed by atoms with Gasteiger partial charge in [-0.1, -0.05) is 54.8 Å². The van der Waals surface area contributed by atoms with Crippen LogP contribution < -0.4 is 0 Å². The fourth-order valence-corrected chi connectivity index (χ4v) is 5.50. The van der Waals surface area contributed by atoms with E-state index in [1.54, 1.807) is 0 Å². The van der Waals surface area contributed by atoms with Gasteiger partial charge in [0, 0.05) is 6.07 Å². The largest absolute Gasteiger partial charge is 0.402 e. The van der Waals surface area contributed by atoms with Crippen LogP contribution in [0.1, 0.15) is 49.1 Å². The number of aromatic nitrogens is 1. The summed E-state index contributed by atoms with van der Waals surface area (Å²) in [6.45, 7) is 6.74. The first kappa shape index (κ1) is 18.7. The summed E-state index contributed by atoms with van der Waals surface area (Å²) in [5.41, 5.74) is 1.52. The van der Waals surface area contributed by atoms with Crippen molar-refractivity contribution < 1.29 is 8.95 Å². The molecule has 136 valence electrons. The topological polar surface area (TPSA) is 35.3 Å². The summed E-state index contributed by atoms with van der Waals surface area (Å²) in [6.07, 6.45) is 6.11. The minimum absolute atomic E-state index is 0.329. The maximum Gasteiger partial charge on any atom is 0.185 e. The summed E-state index contributed by atoms with van der Waals surface area (Å²) < 4.78 is 12.5. The minimum atomic E-state index is -1.86. The van der Waals surface area contributed by atoms with Gasteiger partial charge in [0.15, 0.2) is 14.1 Å². The Hall–Kier alpha value is -1.10. The fraction of sp³-hybridized carbons (Fsp3) is 0.550. The Morgan fingerprint density at radius 3 is 2.40 bits per heavy atom. The van der Waals surface area contributed by atoms with Crippen molar-refractivity contribution in [3.05, 3.63) is 53.4 Å². The zero-order valence-corrected chi connectivity index (χ0v) is 17.2. The van der Waals surface area contributed by atoms with Crippen LogP contribution in [0, 0.1) is 5.92 Å². The first-order valence-electron chi connectivity index (χ1n) is 9.23. The molecular formula is C20H28ClNO2Si. The summed E-state index contributed by atoms with van der Waals surface area (Å²) in [7, 11) is -1.86. The first-order valence-corrected chi connectivity index (χ1v) is 13.2. The Morgan fingerprint density at radius 1 is 1.16 bits per heavy atom. The maximum atomic E-state index is 6.97. The molecule has 0 saturated heterocycles. The Balaban J connectivity index is 2.18. The van der Waals surface area contributed by atoms with Gasteiger partial charge in [-0.15, -0.1) is 11.6 Å². The second-order valence-corrected chi connectivity index (χ2v) is 12.7. The van der Waals surface area contributed by atoms with Crippen molar-refractivity contribution in [2.45, 2.75) is 63.2 Å². The molecule has 1 aliphatic rings. The standard InChI is InChI=1S/C20H28ClNO2Si/c1-25(2,3)24-20(16-10-6-4-7-11-16,17-12-8-5-9-13-17)19-14-18(15-21)23-22-19/h4,6-7,10-11,14,17H,5,8-9,12-13,15H2,1-3H3. The van der Waals surface area contributed by atoms with Gasteiger partial charge in [-0.3, -0.25) is 0 Å². The Bertz CT molecular complexity index is 677. The Morgan fingerprint density at radius 2 is 1.84 bits per heavy atom. The van der Waals surface area contributed by atoms with Crippen LogP contribution in [0.5, 0.6) is 0 Å². The highest BCUT2D eigenvalue weighted by Gasteiger charge is 2.48. The van der Waals surface area contributed by atoms with E-state index < -0.39 is 13.9 Å². The fourth-order valence-electron chi connectivity index (χ4n) is 4.02. The van der Waals surface area contributed by atoms with Gasteiger partial charge in [0.1, 0.15) is 11.3 Å². The molecule has 0 bridgehead atoms. The molecule has 1 aliphatic carbocycles. The van der Waals surface area contributed by atoms with Gasteiger partial charge in [0.05, 0.1) is 5.88 Å². The average Bonchev–Trinajstić information content (AvgIpc) is 3.10. The summed E-state index contributed by atoms with van der Waals surface area (Å²) in [4.78, 5) is 0. The third-order valence-electron chi connectivity index (χ3n) is 4.92. The molecule has 5 heteroatoms. The molecule has 3 nitrogen and oxygen atoms in total. The first-order chi connectivity index (χ1) is 12.0. The molecule has 0 amide bonds. The molecule has 25 heavy (non-hydrogen) atoms. The van der Waals surface area contributed by atoms with Crippen molar-refractivity contribution in [2.75, 3.05) is 0 Å². The number of benzene rings is 1. The van der Waals surface area contributed by atoms with Gasteiger partial charge in [0.25, 0.3) is 0 Å². The van der Waals surface area contributed by atoms with Crippen LogP contribution in [0.4, 0.5) is 0 Å². The van der Waals surface area contributed by atoms with E-state index in [2.05, 4.69) is 55.1 Å². The van der Waals surface area contributed by atoms with Crippen LogP contribution in [0.3, 0.4) is 0 Å². The van der Waals surface area contributed by atoms with Crippen molar-refractivity contribution in [1.29, 1.82) is 0 Å². The molecule has 1 heterocycles. The van der Waals surface area contributed by atoms with E-state index >= 15 is 0 Å². The molecule has 1 atom stereocenters. The molecular weight excluding hydrogens is 350 g/mol. The molecule has 1 fully saturated rings. The van der Waals surface area contributed by atoms with E-state index in [1.165, 1.54) is 24.8 Å². The molecule has 0 radical (unpaired) electrons. The zero-order chi connectivity index (χ0) is 17.9. The summed E-state index contributed by atoms with van der Waals surface area (Å²) in [6, 6.07) is 12.6. The van der Waals surface area contributed by atoms with Crippen molar-refractivity contribution in [1.82, 2.24) is 5.16 Å². The van der Waals surface area contributed by atoms with Crippen molar-refractivity contribution >= 4 is 19.9 Å². The normalized spacial score (nSPS) is 18.9. The van der Waals surface area contributed by atoms with E-state index in [1.807, 2.05) is 6.07 Å². The number of nitrogens with zero attached hydrogens (tertiary/aromatic N) is 1. The van der Waals surface area contributed by atoms with Gasteiger partial charge < -0.3 is 8.95 Å². The number of halogens is 1. The van der Waals surface area contributed by atoms with Gasteiger partial charge in [-0.05, 0) is 44.0 Å². The molecule has 0 spiro atoms. The van der Waals surface area contributed by atoms with Crippen LogP contribution in [0.25, 0.3) is 0 Å². The van der Waals surface area contributed by atoms with Crippen LogP contribution in [-0.4, -0.2) is 13.5 Å². The van der Waals surface area contributed by atoms with Crippen molar-refractivity contribution in [3.8, 4) is 0 Å². The molecule has 0 aliphatic heterocycles. The number of alkyl halides is 1.